The van der Waals surface area contributed by atoms with Crippen molar-refractivity contribution in [2.45, 2.75) is 6.61 Å². The van der Waals surface area contributed by atoms with Crippen LogP contribution in [0.3, 0.4) is 0 Å². The lowest BCUT2D eigenvalue weighted by Crippen LogP contribution is -1.93. The maximum Gasteiger partial charge on any atom is 0.223 e. The van der Waals surface area contributed by atoms with Gasteiger partial charge in [-0.15, -0.1) is 11.3 Å². The van der Waals surface area contributed by atoms with E-state index < -0.39 is 0 Å². The van der Waals surface area contributed by atoms with Crippen molar-refractivity contribution in [3.05, 3.63) is 35.3 Å². The molecular weight excluding hydrogens is 250 g/mol. The van der Waals surface area contributed by atoms with Crippen LogP contribution in [-0.2, 0) is 6.61 Å². The van der Waals surface area contributed by atoms with Crippen LogP contribution in [0.5, 0.6) is 5.88 Å². The standard InChI is InChI=1S/C12H9N3O2S/c16-6-7-1-3-13-9(5-7)10-14-11(17)8-2-4-18-12(8)15-10/h1-5,16H,6H2,(H,14,15,17). The molecule has 0 unspecified atom stereocenters. The van der Waals surface area contributed by atoms with Crippen LogP contribution in [-0.4, -0.2) is 25.2 Å². The van der Waals surface area contributed by atoms with Gasteiger partial charge in [-0.2, -0.15) is 4.98 Å². The fourth-order valence-electron chi connectivity index (χ4n) is 1.65. The first-order valence-electron chi connectivity index (χ1n) is 5.28. The molecule has 5 nitrogen and oxygen atoms in total. The number of thiophene rings is 1. The van der Waals surface area contributed by atoms with Gasteiger partial charge in [0.2, 0.25) is 5.88 Å². The summed E-state index contributed by atoms with van der Waals surface area (Å²) in [5, 5.41) is 21.4. The molecule has 0 aromatic carbocycles. The molecule has 0 atom stereocenters. The van der Waals surface area contributed by atoms with Crippen LogP contribution in [0.4, 0.5) is 0 Å². The molecule has 0 fully saturated rings. The van der Waals surface area contributed by atoms with E-state index in [4.69, 9.17) is 5.11 Å². The van der Waals surface area contributed by atoms with Gasteiger partial charge in [0, 0.05) is 6.20 Å². The van der Waals surface area contributed by atoms with Crippen molar-refractivity contribution in [1.82, 2.24) is 15.0 Å². The minimum atomic E-state index is -0.0667. The van der Waals surface area contributed by atoms with Crippen LogP contribution in [0.15, 0.2) is 29.8 Å². The Hall–Kier alpha value is -2.05. The van der Waals surface area contributed by atoms with Crippen LogP contribution in [0, 0.1) is 0 Å². The van der Waals surface area contributed by atoms with Crippen LogP contribution in [0.25, 0.3) is 21.7 Å². The molecule has 0 aliphatic carbocycles. The van der Waals surface area contributed by atoms with Crippen molar-refractivity contribution < 1.29 is 10.2 Å². The minimum absolute atomic E-state index is 0.0487. The van der Waals surface area contributed by atoms with Crippen molar-refractivity contribution in [2.24, 2.45) is 0 Å². The number of aliphatic hydroxyl groups is 1. The third-order valence-electron chi connectivity index (χ3n) is 2.54. The monoisotopic (exact) mass is 259 g/mol. The fraction of sp³-hybridized carbons (Fsp3) is 0.0833. The second-order valence-electron chi connectivity index (χ2n) is 3.72. The fourth-order valence-corrected chi connectivity index (χ4v) is 2.41. The van der Waals surface area contributed by atoms with E-state index in [2.05, 4.69) is 15.0 Å². The SMILES string of the molecule is OCc1ccnc(-c2nc(O)c3ccsc3n2)c1. The zero-order chi connectivity index (χ0) is 12.5. The van der Waals surface area contributed by atoms with E-state index in [0.717, 1.165) is 5.56 Å². The highest BCUT2D eigenvalue weighted by molar-refractivity contribution is 7.16. The van der Waals surface area contributed by atoms with Gasteiger partial charge in [0.15, 0.2) is 5.82 Å². The summed E-state index contributed by atoms with van der Waals surface area (Å²) in [6.07, 6.45) is 1.58. The summed E-state index contributed by atoms with van der Waals surface area (Å²) in [7, 11) is 0. The number of fused-ring (bicyclic) bond motifs is 1. The highest BCUT2D eigenvalue weighted by Gasteiger charge is 2.10. The molecule has 6 heteroatoms. The maximum atomic E-state index is 9.81. The van der Waals surface area contributed by atoms with Crippen molar-refractivity contribution in [2.75, 3.05) is 0 Å². The second-order valence-corrected chi connectivity index (χ2v) is 4.61. The van der Waals surface area contributed by atoms with E-state index in [1.807, 2.05) is 5.38 Å². The van der Waals surface area contributed by atoms with Gasteiger partial charge < -0.3 is 10.2 Å². The van der Waals surface area contributed by atoms with Gasteiger partial charge >= 0.3 is 0 Å². The Kier molecular flexibility index (Phi) is 2.66. The van der Waals surface area contributed by atoms with Gasteiger partial charge in [0.1, 0.15) is 10.5 Å². The average molecular weight is 259 g/mol. The zero-order valence-corrected chi connectivity index (χ0v) is 10.1. The zero-order valence-electron chi connectivity index (χ0n) is 9.24. The highest BCUT2D eigenvalue weighted by Crippen LogP contribution is 2.28. The van der Waals surface area contributed by atoms with Gasteiger partial charge in [0.05, 0.1) is 12.0 Å². The smallest absolute Gasteiger partial charge is 0.223 e. The Morgan fingerprint density at radius 2 is 2.11 bits per heavy atom. The van der Waals surface area contributed by atoms with Gasteiger partial charge in [-0.1, -0.05) is 0 Å². The molecule has 3 heterocycles. The average Bonchev–Trinajstić information content (AvgIpc) is 2.87. The molecular formula is C12H9N3O2S. The second kappa shape index (κ2) is 4.32. The Morgan fingerprint density at radius 3 is 2.94 bits per heavy atom. The van der Waals surface area contributed by atoms with E-state index >= 15 is 0 Å². The number of hydrogen-bond donors (Lipinski definition) is 2. The lowest BCUT2D eigenvalue weighted by Gasteiger charge is -2.02. The van der Waals surface area contributed by atoms with Crippen LogP contribution in [0.1, 0.15) is 5.56 Å². The molecule has 18 heavy (non-hydrogen) atoms. The summed E-state index contributed by atoms with van der Waals surface area (Å²) in [6.45, 7) is -0.0667. The number of aliphatic hydroxyl groups excluding tert-OH is 1. The van der Waals surface area contributed by atoms with E-state index in [1.165, 1.54) is 11.3 Å². The number of aromatic hydroxyl groups is 1. The van der Waals surface area contributed by atoms with E-state index in [1.54, 1.807) is 24.4 Å². The number of aromatic nitrogens is 3. The largest absolute Gasteiger partial charge is 0.493 e. The summed E-state index contributed by atoms with van der Waals surface area (Å²) in [5.74, 6) is 0.310. The Morgan fingerprint density at radius 1 is 1.22 bits per heavy atom. The molecule has 3 aromatic rings. The Balaban J connectivity index is 2.18. The summed E-state index contributed by atoms with van der Waals surface area (Å²) in [6, 6.07) is 5.19. The molecule has 3 rings (SSSR count). The number of nitrogens with zero attached hydrogens (tertiary/aromatic N) is 3. The molecule has 2 N–H and O–H groups in total. The highest BCUT2D eigenvalue weighted by atomic mass is 32.1. The van der Waals surface area contributed by atoms with Crippen molar-refractivity contribution >= 4 is 21.6 Å². The first-order chi connectivity index (χ1) is 8.78. The van der Waals surface area contributed by atoms with Gasteiger partial charge in [-0.25, -0.2) is 4.98 Å². The van der Waals surface area contributed by atoms with Gasteiger partial charge in [-0.3, -0.25) is 4.98 Å². The molecule has 90 valence electrons. The molecule has 0 aliphatic heterocycles. The maximum absolute atomic E-state index is 9.81. The summed E-state index contributed by atoms with van der Waals surface area (Å²) < 4.78 is 0. The molecule has 0 saturated carbocycles. The molecule has 0 saturated heterocycles. The molecule has 0 radical (unpaired) electrons. The van der Waals surface area contributed by atoms with E-state index in [9.17, 15) is 5.11 Å². The quantitative estimate of drug-likeness (QED) is 0.735. The topological polar surface area (TPSA) is 79.1 Å². The molecule has 3 aromatic heterocycles. The number of pyridine rings is 1. The normalized spacial score (nSPS) is 10.9. The minimum Gasteiger partial charge on any atom is -0.493 e. The van der Waals surface area contributed by atoms with Crippen molar-refractivity contribution in [3.63, 3.8) is 0 Å². The van der Waals surface area contributed by atoms with Crippen LogP contribution >= 0.6 is 11.3 Å². The summed E-state index contributed by atoms with van der Waals surface area (Å²) >= 11 is 1.43. The molecule has 0 aliphatic rings. The molecule has 0 bridgehead atoms. The third kappa shape index (κ3) is 1.81. The third-order valence-corrected chi connectivity index (χ3v) is 3.35. The number of hydrogen-bond acceptors (Lipinski definition) is 6. The van der Waals surface area contributed by atoms with E-state index in [-0.39, 0.29) is 12.5 Å². The van der Waals surface area contributed by atoms with Crippen molar-refractivity contribution in [1.29, 1.82) is 0 Å². The van der Waals surface area contributed by atoms with Crippen molar-refractivity contribution in [3.8, 4) is 17.4 Å². The summed E-state index contributed by atoms with van der Waals surface area (Å²) in [4.78, 5) is 13.2. The number of rotatable bonds is 2. The van der Waals surface area contributed by atoms with Crippen LogP contribution in [0.2, 0.25) is 0 Å². The Bertz CT molecular complexity index is 711. The van der Waals surface area contributed by atoms with E-state index in [0.29, 0.717) is 21.7 Å². The lowest BCUT2D eigenvalue weighted by atomic mass is 10.2. The van der Waals surface area contributed by atoms with Gasteiger partial charge in [-0.05, 0) is 29.1 Å². The first-order valence-corrected chi connectivity index (χ1v) is 6.16. The summed E-state index contributed by atoms with van der Waals surface area (Å²) in [5.41, 5.74) is 1.27. The molecule has 0 amide bonds. The lowest BCUT2D eigenvalue weighted by molar-refractivity contribution is 0.282. The van der Waals surface area contributed by atoms with Crippen LogP contribution < -0.4 is 0 Å². The first kappa shape index (κ1) is 11.1. The molecule has 0 spiro atoms. The van der Waals surface area contributed by atoms with Gasteiger partial charge in [0.25, 0.3) is 0 Å². The predicted molar refractivity (Wildman–Crippen MR) is 68.2 cm³/mol. The predicted octanol–water partition coefficient (Wildman–Crippen LogP) is 1.95. The Labute approximate surface area is 106 Å².